The predicted molar refractivity (Wildman–Crippen MR) is 146 cm³/mol. The number of rotatable bonds is 5. The summed E-state index contributed by atoms with van der Waals surface area (Å²) in [5.74, 6) is -0.106. The van der Waals surface area contributed by atoms with Crippen molar-refractivity contribution in [1.82, 2.24) is 4.90 Å². The second-order valence-corrected chi connectivity index (χ2v) is 11.0. The van der Waals surface area contributed by atoms with E-state index in [1.165, 1.54) is 11.3 Å². The molecular formula is C29H29N3O6S. The number of nitrogens with one attached hydrogen (secondary N) is 2. The molecule has 0 saturated carbocycles. The molecule has 2 aromatic carbocycles. The topological polar surface area (TPSA) is 106 Å². The van der Waals surface area contributed by atoms with Crippen molar-refractivity contribution in [2.45, 2.75) is 50.7 Å². The molecule has 4 heterocycles. The van der Waals surface area contributed by atoms with Crippen LogP contribution in [0, 0.1) is 0 Å². The van der Waals surface area contributed by atoms with Crippen LogP contribution in [0.3, 0.4) is 0 Å². The van der Waals surface area contributed by atoms with Gasteiger partial charge in [0.1, 0.15) is 18.5 Å². The number of hydrogen-bond acceptors (Lipinski definition) is 7. The van der Waals surface area contributed by atoms with Gasteiger partial charge in [0.15, 0.2) is 0 Å². The Hall–Kier alpha value is -3.73. The fourth-order valence-electron chi connectivity index (χ4n) is 5.37. The number of nitrogens with zero attached hydrogens (tertiary/aromatic N) is 1. The molecule has 1 aromatic heterocycles. The Morgan fingerprint density at radius 2 is 1.85 bits per heavy atom. The predicted octanol–water partition coefficient (Wildman–Crippen LogP) is 4.44. The number of hydrogen-bond donors (Lipinski definition) is 2. The average molecular weight is 548 g/mol. The van der Waals surface area contributed by atoms with E-state index < -0.39 is 0 Å². The Labute approximate surface area is 230 Å². The number of anilines is 2. The van der Waals surface area contributed by atoms with Gasteiger partial charge in [0.2, 0.25) is 5.91 Å². The number of fused-ring (bicyclic) bond motifs is 3. The second kappa shape index (κ2) is 10.8. The fraction of sp³-hybridized carbons (Fsp3) is 0.345. The molecule has 6 rings (SSSR count). The quantitative estimate of drug-likeness (QED) is 0.489. The van der Waals surface area contributed by atoms with E-state index in [0.29, 0.717) is 47.9 Å². The Morgan fingerprint density at radius 1 is 1.03 bits per heavy atom. The van der Waals surface area contributed by atoms with Gasteiger partial charge >= 0.3 is 0 Å². The lowest BCUT2D eigenvalue weighted by Crippen LogP contribution is -2.53. The molecule has 9 nitrogen and oxygen atoms in total. The van der Waals surface area contributed by atoms with Gasteiger partial charge in [0, 0.05) is 18.4 Å². The average Bonchev–Trinajstić information content (AvgIpc) is 3.63. The van der Waals surface area contributed by atoms with Gasteiger partial charge in [0.05, 0.1) is 42.2 Å². The number of benzene rings is 2. The Morgan fingerprint density at radius 3 is 2.69 bits per heavy atom. The summed E-state index contributed by atoms with van der Waals surface area (Å²) in [5, 5.41) is 7.66. The van der Waals surface area contributed by atoms with Crippen LogP contribution in [0.2, 0.25) is 0 Å². The van der Waals surface area contributed by atoms with E-state index in [2.05, 4.69) is 10.6 Å². The van der Waals surface area contributed by atoms with Crippen molar-refractivity contribution in [1.29, 1.82) is 0 Å². The zero-order chi connectivity index (χ0) is 26.9. The van der Waals surface area contributed by atoms with Gasteiger partial charge in [-0.3, -0.25) is 14.4 Å². The zero-order valence-electron chi connectivity index (χ0n) is 21.5. The highest BCUT2D eigenvalue weighted by Gasteiger charge is 2.39. The maximum absolute atomic E-state index is 13.5. The molecule has 3 amide bonds. The Kier molecular flexibility index (Phi) is 7.07. The van der Waals surface area contributed by atoms with Gasteiger partial charge in [-0.1, -0.05) is 12.1 Å². The minimum atomic E-state index is -0.367. The smallest absolute Gasteiger partial charge is 0.265 e. The first-order chi connectivity index (χ1) is 18.9. The third-order valence-corrected chi connectivity index (χ3v) is 8.30. The van der Waals surface area contributed by atoms with Crippen LogP contribution in [0.1, 0.15) is 50.4 Å². The molecule has 0 bridgehead atoms. The highest BCUT2D eigenvalue weighted by Crippen LogP contribution is 2.33. The Balaban J connectivity index is 1.10. The summed E-state index contributed by atoms with van der Waals surface area (Å²) in [6.07, 6.45) is 0.916. The molecule has 1 fully saturated rings. The van der Waals surface area contributed by atoms with E-state index in [4.69, 9.17) is 14.2 Å². The maximum Gasteiger partial charge on any atom is 0.265 e. The summed E-state index contributed by atoms with van der Waals surface area (Å²) < 4.78 is 17.8. The van der Waals surface area contributed by atoms with E-state index in [1.54, 1.807) is 36.2 Å². The minimum absolute atomic E-state index is 0.115. The number of amides is 3. The van der Waals surface area contributed by atoms with Gasteiger partial charge in [-0.15, -0.1) is 11.3 Å². The standard InChI is InChI=1S/C29H29N3O6S/c1-32-23-8-7-21(13-27(33)30-19-5-4-17-14-36-15-18(17)11-19)38-25(23)16-37-24-9-6-20(12-22(24)29(32)35)31-28(34)26-3-2-10-39-26/h2-6,9-12,21,23,25H,7-8,13-16H2,1H3,(H,30,33)(H,31,34)/t21-,23+,25-/m1/s1. The van der Waals surface area contributed by atoms with E-state index in [0.717, 1.165) is 16.8 Å². The molecule has 39 heavy (non-hydrogen) atoms. The molecule has 3 atom stereocenters. The summed E-state index contributed by atoms with van der Waals surface area (Å²) in [7, 11) is 1.76. The molecule has 0 unspecified atom stereocenters. The fourth-order valence-corrected chi connectivity index (χ4v) is 5.99. The molecule has 3 aromatic rings. The van der Waals surface area contributed by atoms with Crippen LogP contribution in [0.5, 0.6) is 5.75 Å². The molecule has 3 aliphatic heterocycles. The van der Waals surface area contributed by atoms with Crippen LogP contribution in [0.4, 0.5) is 11.4 Å². The first-order valence-corrected chi connectivity index (χ1v) is 13.9. The van der Waals surface area contributed by atoms with Crippen molar-refractivity contribution in [3.05, 3.63) is 75.5 Å². The summed E-state index contributed by atoms with van der Waals surface area (Å²) in [6.45, 7) is 1.42. The maximum atomic E-state index is 13.5. The van der Waals surface area contributed by atoms with Gasteiger partial charge < -0.3 is 29.7 Å². The van der Waals surface area contributed by atoms with Gasteiger partial charge in [-0.05, 0) is 65.7 Å². The summed E-state index contributed by atoms with van der Waals surface area (Å²) >= 11 is 1.35. The molecule has 3 aliphatic rings. The molecular weight excluding hydrogens is 518 g/mol. The lowest BCUT2D eigenvalue weighted by atomic mass is 9.94. The van der Waals surface area contributed by atoms with Crippen molar-refractivity contribution >= 4 is 40.4 Å². The number of ether oxygens (including phenoxy) is 3. The number of carbonyl (C=O) groups is 3. The molecule has 0 aliphatic carbocycles. The second-order valence-electron chi connectivity index (χ2n) is 10.0. The first-order valence-electron chi connectivity index (χ1n) is 13.0. The van der Waals surface area contributed by atoms with Crippen LogP contribution >= 0.6 is 11.3 Å². The summed E-state index contributed by atoms with van der Waals surface area (Å²) in [5.41, 5.74) is 3.91. The van der Waals surface area contributed by atoms with E-state index in [-0.39, 0.29) is 49.0 Å². The highest BCUT2D eigenvalue weighted by atomic mass is 32.1. The molecule has 2 N–H and O–H groups in total. The van der Waals surface area contributed by atoms with Crippen molar-refractivity contribution in [2.24, 2.45) is 0 Å². The molecule has 0 spiro atoms. The number of carbonyl (C=O) groups excluding carboxylic acids is 3. The lowest BCUT2D eigenvalue weighted by Gasteiger charge is -2.42. The van der Waals surface area contributed by atoms with Gasteiger partial charge in [-0.25, -0.2) is 0 Å². The van der Waals surface area contributed by atoms with Crippen LogP contribution in [0.25, 0.3) is 0 Å². The van der Waals surface area contributed by atoms with Crippen molar-refractivity contribution in [2.75, 3.05) is 24.3 Å². The molecule has 202 valence electrons. The van der Waals surface area contributed by atoms with Crippen LogP contribution in [-0.2, 0) is 27.5 Å². The summed E-state index contributed by atoms with van der Waals surface area (Å²) in [6, 6.07) is 14.3. The SMILES string of the molecule is CN1C(=O)c2cc(NC(=O)c3cccs3)ccc2OC[C@H]2O[C@@H](CC(=O)Nc3ccc4c(c3)COC4)CC[C@@H]21. The van der Waals surface area contributed by atoms with E-state index in [9.17, 15) is 14.4 Å². The van der Waals surface area contributed by atoms with E-state index >= 15 is 0 Å². The van der Waals surface area contributed by atoms with Gasteiger partial charge in [-0.2, -0.15) is 0 Å². The first kappa shape index (κ1) is 25.5. The highest BCUT2D eigenvalue weighted by molar-refractivity contribution is 7.12. The van der Waals surface area contributed by atoms with Crippen LogP contribution in [0.15, 0.2) is 53.9 Å². The Bertz CT molecular complexity index is 1410. The molecule has 10 heteroatoms. The number of likely N-dealkylation sites (N-methyl/N-ethyl adjacent to an activating group) is 1. The van der Waals surface area contributed by atoms with Gasteiger partial charge in [0.25, 0.3) is 11.8 Å². The van der Waals surface area contributed by atoms with Crippen molar-refractivity contribution in [3.63, 3.8) is 0 Å². The van der Waals surface area contributed by atoms with E-state index in [1.807, 2.05) is 29.6 Å². The minimum Gasteiger partial charge on any atom is -0.490 e. The monoisotopic (exact) mass is 547 g/mol. The van der Waals surface area contributed by atoms with Crippen LogP contribution < -0.4 is 15.4 Å². The van der Waals surface area contributed by atoms with Crippen molar-refractivity contribution < 1.29 is 28.6 Å². The molecule has 1 saturated heterocycles. The number of thiophene rings is 1. The third-order valence-electron chi connectivity index (χ3n) is 7.43. The normalized spacial score (nSPS) is 22.0. The molecule has 0 radical (unpaired) electrons. The zero-order valence-corrected chi connectivity index (χ0v) is 22.3. The third kappa shape index (κ3) is 5.40. The van der Waals surface area contributed by atoms with Crippen molar-refractivity contribution in [3.8, 4) is 5.75 Å². The summed E-state index contributed by atoms with van der Waals surface area (Å²) in [4.78, 5) is 41.0. The van der Waals surface area contributed by atoms with Crippen LogP contribution in [-0.4, -0.2) is 54.5 Å². The largest absolute Gasteiger partial charge is 0.490 e. The lowest BCUT2D eigenvalue weighted by molar-refractivity contribution is -0.130.